The molecule has 32 aromatic rings. The van der Waals surface area contributed by atoms with Crippen molar-refractivity contribution in [2.45, 2.75) is 27.7 Å². The van der Waals surface area contributed by atoms with Crippen molar-refractivity contribution in [1.29, 1.82) is 0 Å². The number of anilines is 12. The Balaban J connectivity index is 0.000000137. The molecule has 8 aromatic heterocycles. The summed E-state index contributed by atoms with van der Waals surface area (Å²) in [5.41, 5.74) is 36.1. The van der Waals surface area contributed by atoms with Crippen molar-refractivity contribution in [1.82, 2.24) is 8.80 Å². The number of fused-ring (bicyclic) bond motifs is 28. The SMILES string of the molecule is Cc1ccc(N(c2ccc3cc4c5cccc6c7cc8ccc(N(c9ccc(C)cc9)c9cccc%10c9oc9ccccc9%10)cc8cc7n(c4cc3c2)c56)c2cccc3c2oc2ccccc23)cc1.Cc1ccccc1-c1cccc2c1oc1c(N(c3ccccc3)c3ccc4cc5c6cccc7c8cc9ccc(N(c%10ccccc%10)c%10cccc%11c%10oc%10c(-c%12ccccc%12C)cccc%10%11)cc9cc8n(c5cc4c3)c67)cccc12. The van der Waals surface area contributed by atoms with Crippen molar-refractivity contribution in [3.05, 3.63) is 495 Å². The molecule has 0 amide bonds. The molecule has 0 bridgehead atoms. The van der Waals surface area contributed by atoms with Crippen LogP contribution in [0.1, 0.15) is 22.3 Å². The van der Waals surface area contributed by atoms with Crippen LogP contribution in [0.15, 0.2) is 491 Å². The fraction of sp³-hybridized carbons (Fsp3) is 0.0286. The molecule has 0 saturated heterocycles. The van der Waals surface area contributed by atoms with Crippen LogP contribution >= 0.6 is 0 Å². The van der Waals surface area contributed by atoms with Crippen molar-refractivity contribution in [2.24, 2.45) is 0 Å². The Morgan fingerprint density at radius 2 is 0.407 bits per heavy atom. The van der Waals surface area contributed by atoms with Crippen LogP contribution in [0.5, 0.6) is 0 Å². The summed E-state index contributed by atoms with van der Waals surface area (Å²) in [5, 5.41) is 28.2. The molecule has 0 saturated carbocycles. The van der Waals surface area contributed by atoms with E-state index in [2.05, 4.69) is 517 Å². The van der Waals surface area contributed by atoms with E-state index in [4.69, 9.17) is 17.7 Å². The van der Waals surface area contributed by atoms with Crippen molar-refractivity contribution < 1.29 is 17.7 Å². The van der Waals surface area contributed by atoms with Gasteiger partial charge in [-0.05, 0) is 275 Å². The van der Waals surface area contributed by atoms with Gasteiger partial charge >= 0.3 is 0 Å². The van der Waals surface area contributed by atoms with Gasteiger partial charge in [-0.1, -0.05) is 302 Å². The largest absolute Gasteiger partial charge is 0.454 e. The van der Waals surface area contributed by atoms with Gasteiger partial charge in [0.1, 0.15) is 22.3 Å². The van der Waals surface area contributed by atoms with Crippen LogP contribution in [-0.4, -0.2) is 8.80 Å². The molecule has 0 aliphatic rings. The minimum absolute atomic E-state index is 0.851. The molecular weight excluding hydrogens is 1830 g/mol. The Labute approximate surface area is 860 Å². The second kappa shape index (κ2) is 32.9. The number of para-hydroxylation sites is 12. The molecule has 0 fully saturated rings. The van der Waals surface area contributed by atoms with Gasteiger partial charge in [-0.25, -0.2) is 0 Å². The maximum Gasteiger partial charge on any atom is 0.159 e. The first-order valence-electron chi connectivity index (χ1n) is 51.5. The average Bonchev–Trinajstić information content (AvgIpc) is 1.53. The van der Waals surface area contributed by atoms with Crippen LogP contribution in [0.4, 0.5) is 68.2 Å². The van der Waals surface area contributed by atoms with Gasteiger partial charge in [0, 0.05) is 143 Å². The van der Waals surface area contributed by atoms with E-state index in [1.807, 2.05) is 12.1 Å². The topological polar surface area (TPSA) is 74.3 Å². The lowest BCUT2D eigenvalue weighted by Gasteiger charge is -2.26. The van der Waals surface area contributed by atoms with Crippen LogP contribution in [0.2, 0.25) is 0 Å². The number of hydrogen-bond donors (Lipinski definition) is 0. The zero-order chi connectivity index (χ0) is 98.9. The van der Waals surface area contributed by atoms with Gasteiger partial charge in [0.2, 0.25) is 0 Å². The predicted molar refractivity (Wildman–Crippen MR) is 630 cm³/mol. The number of aromatic nitrogens is 2. The summed E-state index contributed by atoms with van der Waals surface area (Å²) in [4.78, 5) is 9.38. The van der Waals surface area contributed by atoms with Crippen molar-refractivity contribution >= 4 is 275 Å². The Morgan fingerprint density at radius 3 is 0.740 bits per heavy atom. The molecule has 0 aliphatic carbocycles. The Morgan fingerprint density at radius 1 is 0.160 bits per heavy atom. The molecule has 150 heavy (non-hydrogen) atoms. The van der Waals surface area contributed by atoms with Gasteiger partial charge in [0.05, 0.1) is 55.8 Å². The molecule has 0 atom stereocenters. The first-order chi connectivity index (χ1) is 74.0. The summed E-state index contributed by atoms with van der Waals surface area (Å²) in [5.74, 6) is 0. The minimum atomic E-state index is 0.851. The highest BCUT2D eigenvalue weighted by atomic mass is 16.3. The minimum Gasteiger partial charge on any atom is -0.454 e. The third kappa shape index (κ3) is 13.0. The summed E-state index contributed by atoms with van der Waals surface area (Å²) >= 11 is 0. The quantitative estimate of drug-likeness (QED) is 0.107. The Kier molecular flexibility index (Phi) is 18.6. The number of nitrogens with zero attached hydrogens (tertiary/aromatic N) is 6. The molecule has 0 N–H and O–H groups in total. The van der Waals surface area contributed by atoms with Gasteiger partial charge in [0.15, 0.2) is 22.3 Å². The summed E-state index contributed by atoms with van der Waals surface area (Å²) < 4.78 is 32.5. The number of hydrogen-bond acceptors (Lipinski definition) is 8. The van der Waals surface area contributed by atoms with E-state index < -0.39 is 0 Å². The van der Waals surface area contributed by atoms with Crippen molar-refractivity contribution in [2.75, 3.05) is 19.6 Å². The van der Waals surface area contributed by atoms with Gasteiger partial charge in [-0.2, -0.15) is 0 Å². The Bertz CT molecular complexity index is 10600. The summed E-state index contributed by atoms with van der Waals surface area (Å²) in [6.07, 6.45) is 0. The molecule has 0 unspecified atom stereocenters. The first-order valence-corrected chi connectivity index (χ1v) is 51.5. The first kappa shape index (κ1) is 84.8. The fourth-order valence-corrected chi connectivity index (χ4v) is 24.6. The van der Waals surface area contributed by atoms with Gasteiger partial charge in [-0.15, -0.1) is 0 Å². The van der Waals surface area contributed by atoms with E-state index in [0.29, 0.717) is 0 Å². The van der Waals surface area contributed by atoms with E-state index in [1.165, 1.54) is 142 Å². The second-order valence-electron chi connectivity index (χ2n) is 40.4. The maximum absolute atomic E-state index is 7.09. The third-order valence-electron chi connectivity index (χ3n) is 31.7. The molecular formula is C140H90N6O4. The smallest absolute Gasteiger partial charge is 0.159 e. The van der Waals surface area contributed by atoms with Crippen molar-refractivity contribution in [3.63, 3.8) is 0 Å². The maximum atomic E-state index is 7.09. The summed E-state index contributed by atoms with van der Waals surface area (Å²) in [7, 11) is 0. The summed E-state index contributed by atoms with van der Waals surface area (Å²) in [6, 6.07) is 172. The monoisotopic (exact) mass is 1920 g/mol. The van der Waals surface area contributed by atoms with E-state index >= 15 is 0 Å². The molecule has 32 rings (SSSR count). The average molecular weight is 1920 g/mol. The highest BCUT2D eigenvalue weighted by Gasteiger charge is 2.31. The lowest BCUT2D eigenvalue weighted by Crippen LogP contribution is -2.10. The number of furan rings is 4. The fourth-order valence-electron chi connectivity index (χ4n) is 24.6. The van der Waals surface area contributed by atoms with E-state index in [0.717, 1.165) is 178 Å². The highest BCUT2D eigenvalue weighted by molar-refractivity contribution is 6.29. The molecule has 704 valence electrons. The molecule has 24 aromatic carbocycles. The zero-order valence-corrected chi connectivity index (χ0v) is 82.3. The molecule has 0 radical (unpaired) electrons. The molecule has 10 nitrogen and oxygen atoms in total. The van der Waals surface area contributed by atoms with E-state index in [9.17, 15) is 0 Å². The van der Waals surface area contributed by atoms with Crippen LogP contribution in [0.25, 0.3) is 229 Å². The normalized spacial score (nSPS) is 12.1. The second-order valence-corrected chi connectivity index (χ2v) is 40.4. The zero-order valence-electron chi connectivity index (χ0n) is 82.3. The van der Waals surface area contributed by atoms with E-state index in [-0.39, 0.29) is 0 Å². The molecule has 0 aliphatic heterocycles. The van der Waals surface area contributed by atoms with Crippen molar-refractivity contribution in [3.8, 4) is 22.3 Å². The lowest BCUT2D eigenvalue weighted by atomic mass is 9.98. The highest BCUT2D eigenvalue weighted by Crippen LogP contribution is 2.54. The lowest BCUT2D eigenvalue weighted by molar-refractivity contribution is 0.668. The van der Waals surface area contributed by atoms with Crippen LogP contribution in [-0.2, 0) is 0 Å². The van der Waals surface area contributed by atoms with Crippen LogP contribution in [0.3, 0.4) is 0 Å². The number of rotatable bonds is 14. The van der Waals surface area contributed by atoms with Crippen LogP contribution in [0, 0.1) is 27.7 Å². The van der Waals surface area contributed by atoms with Gasteiger partial charge < -0.3 is 46.1 Å². The predicted octanol–water partition coefficient (Wildman–Crippen LogP) is 40.3. The number of benzene rings is 24. The van der Waals surface area contributed by atoms with E-state index in [1.54, 1.807) is 0 Å². The van der Waals surface area contributed by atoms with Gasteiger partial charge in [0.25, 0.3) is 0 Å². The molecule has 0 spiro atoms. The Hall–Kier alpha value is -19.7. The standard InChI is InChI=1S/C76H49N3O2.C64H41N3O2/c1-46-18-9-11-24-56(46)60-28-14-30-62-64-32-16-34-68(75(64)80-73(60)62)77(52-20-5-3-6-21-52)54-38-36-48-42-66-58-26-13-27-59-67-43-49-37-39-55(41-51(49)45-71(67)79(72(58)59)70(66)44-50(48)40-54)78(53-22-7-4-8-23-53)69-35-17-33-65-63-31-15-29-61(74(63)81-76(65)69)57-25-12-10-19-47(57)2;1-38-20-26-44(27-21-38)65(56-16-8-14-52-48-10-3-5-18-60(48)68-63(52)56)46-30-24-40-34-54-50-12-7-13-51-55-35-41-25-31-47(33-43(41)37-59(55)67(62(50)51)58(54)36-42(40)32-46)66(45-28-22-39(2)23-29-45)57-17-9-15-53-49-11-4-6-19-61(49)69-64(53)57/h3-45H,1-2H3;3-37H,1-2H3. The molecule has 10 heteroatoms. The van der Waals surface area contributed by atoms with Gasteiger partial charge in [-0.3, -0.25) is 0 Å². The van der Waals surface area contributed by atoms with Crippen LogP contribution < -0.4 is 19.6 Å². The third-order valence-corrected chi connectivity index (χ3v) is 31.7. The molecule has 8 heterocycles. The summed E-state index contributed by atoms with van der Waals surface area (Å²) in [6.45, 7) is 8.60. The number of aryl methyl sites for hydroxylation is 4.